The summed E-state index contributed by atoms with van der Waals surface area (Å²) in [7, 11) is 1.64. The topological polar surface area (TPSA) is 61.8 Å². The number of aliphatic hydroxyl groups excluding tert-OH is 1. The molecule has 1 amide bonds. The van der Waals surface area contributed by atoms with Gasteiger partial charge in [-0.05, 0) is 18.1 Å². The van der Waals surface area contributed by atoms with Crippen molar-refractivity contribution in [3.8, 4) is 0 Å². The fourth-order valence-corrected chi connectivity index (χ4v) is 2.41. The Balaban J connectivity index is 1.84. The van der Waals surface area contributed by atoms with E-state index in [4.69, 9.17) is 4.74 Å². The maximum Gasteiger partial charge on any atom is 0.254 e. The summed E-state index contributed by atoms with van der Waals surface area (Å²) in [6.07, 6.45) is 0.298. The van der Waals surface area contributed by atoms with Gasteiger partial charge in [0.2, 0.25) is 0 Å². The van der Waals surface area contributed by atoms with Crippen LogP contribution in [0.15, 0.2) is 24.3 Å². The van der Waals surface area contributed by atoms with Crippen LogP contribution in [-0.2, 0) is 11.2 Å². The van der Waals surface area contributed by atoms with Crippen molar-refractivity contribution in [1.29, 1.82) is 0 Å². The fourth-order valence-electron chi connectivity index (χ4n) is 2.41. The lowest BCUT2D eigenvalue weighted by Crippen LogP contribution is -2.45. The van der Waals surface area contributed by atoms with E-state index in [-0.39, 0.29) is 5.91 Å². The molecule has 0 radical (unpaired) electrons. The van der Waals surface area contributed by atoms with Crippen molar-refractivity contribution in [2.24, 2.45) is 0 Å². The number of ether oxygens (including phenoxy) is 1. The lowest BCUT2D eigenvalue weighted by Gasteiger charge is -2.30. The van der Waals surface area contributed by atoms with E-state index >= 15 is 0 Å². The molecular formula is C15H22N2O3. The van der Waals surface area contributed by atoms with Gasteiger partial charge in [-0.3, -0.25) is 4.79 Å². The highest BCUT2D eigenvalue weighted by atomic mass is 16.5. The van der Waals surface area contributed by atoms with E-state index in [9.17, 15) is 9.90 Å². The van der Waals surface area contributed by atoms with Crippen LogP contribution in [0.2, 0.25) is 0 Å². The number of nitrogens with one attached hydrogen (secondary N) is 1. The standard InChI is InChI=1S/C15H22N2O3/c1-20-9-7-16-10-13(18)11-17-8-6-12-4-2-3-5-14(12)15(17)19/h2-5,13,16,18H,6-11H2,1H3. The monoisotopic (exact) mass is 278 g/mol. The van der Waals surface area contributed by atoms with Gasteiger partial charge in [0.25, 0.3) is 5.91 Å². The summed E-state index contributed by atoms with van der Waals surface area (Å²) >= 11 is 0. The smallest absolute Gasteiger partial charge is 0.254 e. The largest absolute Gasteiger partial charge is 0.390 e. The molecule has 1 heterocycles. The van der Waals surface area contributed by atoms with Crippen molar-refractivity contribution in [2.45, 2.75) is 12.5 Å². The minimum atomic E-state index is -0.555. The number of nitrogens with zero attached hydrogens (tertiary/aromatic N) is 1. The number of carbonyl (C=O) groups excluding carboxylic acids is 1. The number of hydrogen-bond donors (Lipinski definition) is 2. The van der Waals surface area contributed by atoms with Crippen molar-refractivity contribution in [3.63, 3.8) is 0 Å². The van der Waals surface area contributed by atoms with Gasteiger partial charge < -0.3 is 20.1 Å². The lowest BCUT2D eigenvalue weighted by atomic mass is 9.99. The minimum Gasteiger partial charge on any atom is -0.390 e. The van der Waals surface area contributed by atoms with Crippen LogP contribution >= 0.6 is 0 Å². The Bertz CT molecular complexity index is 450. The molecule has 110 valence electrons. The van der Waals surface area contributed by atoms with E-state index in [1.54, 1.807) is 12.0 Å². The molecule has 20 heavy (non-hydrogen) atoms. The van der Waals surface area contributed by atoms with Gasteiger partial charge in [-0.2, -0.15) is 0 Å². The van der Waals surface area contributed by atoms with Crippen LogP contribution < -0.4 is 5.32 Å². The van der Waals surface area contributed by atoms with Gasteiger partial charge in [-0.25, -0.2) is 0 Å². The number of benzene rings is 1. The van der Waals surface area contributed by atoms with Crippen molar-refractivity contribution in [1.82, 2.24) is 10.2 Å². The van der Waals surface area contributed by atoms with Gasteiger partial charge in [-0.1, -0.05) is 18.2 Å². The molecule has 2 N–H and O–H groups in total. The second-order valence-corrected chi connectivity index (χ2v) is 5.01. The summed E-state index contributed by atoms with van der Waals surface area (Å²) < 4.78 is 4.92. The second-order valence-electron chi connectivity index (χ2n) is 5.01. The van der Waals surface area contributed by atoms with Gasteiger partial charge >= 0.3 is 0 Å². The third-order valence-electron chi connectivity index (χ3n) is 3.48. The average Bonchev–Trinajstić information content (AvgIpc) is 2.47. The fraction of sp³-hybridized carbons (Fsp3) is 0.533. The Kier molecular flexibility index (Phi) is 5.52. The van der Waals surface area contributed by atoms with Crippen LogP contribution in [0.25, 0.3) is 0 Å². The van der Waals surface area contributed by atoms with Crippen molar-refractivity contribution in [3.05, 3.63) is 35.4 Å². The molecule has 5 heteroatoms. The maximum absolute atomic E-state index is 12.3. The molecule has 0 saturated carbocycles. The molecule has 0 saturated heterocycles. The molecule has 1 aromatic carbocycles. The molecule has 0 bridgehead atoms. The predicted octanol–water partition coefficient (Wildman–Crippen LogP) is 0.282. The first-order valence-electron chi connectivity index (χ1n) is 6.97. The van der Waals surface area contributed by atoms with Crippen LogP contribution in [0, 0.1) is 0 Å². The number of amides is 1. The number of hydrogen-bond acceptors (Lipinski definition) is 4. The van der Waals surface area contributed by atoms with Crippen LogP contribution in [0.3, 0.4) is 0 Å². The molecule has 1 atom stereocenters. The zero-order valence-electron chi connectivity index (χ0n) is 11.8. The minimum absolute atomic E-state index is 0.0165. The number of rotatable bonds is 7. The summed E-state index contributed by atoms with van der Waals surface area (Å²) in [5, 5.41) is 13.1. The number of carbonyl (C=O) groups is 1. The molecule has 1 aliphatic heterocycles. The third-order valence-corrected chi connectivity index (χ3v) is 3.48. The molecule has 0 aromatic heterocycles. The van der Waals surface area contributed by atoms with Crippen molar-refractivity contribution in [2.75, 3.05) is 39.9 Å². The molecule has 1 unspecified atom stereocenters. The highest BCUT2D eigenvalue weighted by Gasteiger charge is 2.25. The first kappa shape index (κ1) is 15.0. The molecule has 0 fully saturated rings. The number of β-amino-alcohol motifs (C(OH)–C–C–N with tert-alkyl or cyclic N) is 1. The number of methoxy groups -OCH3 is 1. The molecular weight excluding hydrogens is 256 g/mol. The van der Waals surface area contributed by atoms with Gasteiger partial charge in [-0.15, -0.1) is 0 Å². The summed E-state index contributed by atoms with van der Waals surface area (Å²) in [5.74, 6) is 0.0165. The molecule has 2 rings (SSSR count). The zero-order chi connectivity index (χ0) is 14.4. The quantitative estimate of drug-likeness (QED) is 0.703. The Hall–Kier alpha value is -1.43. The van der Waals surface area contributed by atoms with Crippen LogP contribution in [0.4, 0.5) is 0 Å². The van der Waals surface area contributed by atoms with E-state index in [1.165, 1.54) is 0 Å². The third kappa shape index (κ3) is 3.79. The van der Waals surface area contributed by atoms with Crippen LogP contribution in [0.5, 0.6) is 0 Å². The average molecular weight is 278 g/mol. The lowest BCUT2D eigenvalue weighted by molar-refractivity contribution is 0.0602. The molecule has 1 aliphatic rings. The summed E-state index contributed by atoms with van der Waals surface area (Å²) in [6.45, 7) is 2.82. The molecule has 1 aromatic rings. The number of aliphatic hydroxyl groups is 1. The van der Waals surface area contributed by atoms with E-state index in [0.29, 0.717) is 32.8 Å². The Labute approximate surface area is 119 Å². The van der Waals surface area contributed by atoms with Gasteiger partial charge in [0, 0.05) is 38.9 Å². The molecule has 0 spiro atoms. The van der Waals surface area contributed by atoms with Crippen LogP contribution in [-0.4, -0.2) is 61.9 Å². The van der Waals surface area contributed by atoms with Crippen molar-refractivity contribution >= 4 is 5.91 Å². The van der Waals surface area contributed by atoms with Gasteiger partial charge in [0.15, 0.2) is 0 Å². The molecule has 5 nitrogen and oxygen atoms in total. The maximum atomic E-state index is 12.3. The highest BCUT2D eigenvalue weighted by molar-refractivity contribution is 5.96. The number of fused-ring (bicyclic) bond motifs is 1. The first-order chi connectivity index (χ1) is 9.72. The highest BCUT2D eigenvalue weighted by Crippen LogP contribution is 2.18. The van der Waals surface area contributed by atoms with E-state index in [0.717, 1.165) is 17.5 Å². The second kappa shape index (κ2) is 7.38. The normalized spacial score (nSPS) is 16.1. The van der Waals surface area contributed by atoms with Gasteiger partial charge in [0.1, 0.15) is 0 Å². The van der Waals surface area contributed by atoms with E-state index in [2.05, 4.69) is 5.32 Å². The van der Waals surface area contributed by atoms with Crippen molar-refractivity contribution < 1.29 is 14.6 Å². The zero-order valence-corrected chi connectivity index (χ0v) is 11.8. The van der Waals surface area contributed by atoms with E-state index in [1.807, 2.05) is 24.3 Å². The Morgan fingerprint density at radius 1 is 1.45 bits per heavy atom. The van der Waals surface area contributed by atoms with Gasteiger partial charge in [0.05, 0.1) is 12.7 Å². The molecule has 0 aliphatic carbocycles. The Morgan fingerprint density at radius 3 is 3.05 bits per heavy atom. The predicted molar refractivity (Wildman–Crippen MR) is 76.8 cm³/mol. The van der Waals surface area contributed by atoms with E-state index < -0.39 is 6.10 Å². The van der Waals surface area contributed by atoms with Crippen LogP contribution in [0.1, 0.15) is 15.9 Å². The Morgan fingerprint density at radius 2 is 2.25 bits per heavy atom. The SMILES string of the molecule is COCCNCC(O)CN1CCc2ccccc2C1=O. The summed E-state index contributed by atoms with van der Waals surface area (Å²) in [5.41, 5.74) is 1.86. The summed E-state index contributed by atoms with van der Waals surface area (Å²) in [4.78, 5) is 14.0. The first-order valence-corrected chi connectivity index (χ1v) is 6.97. The summed E-state index contributed by atoms with van der Waals surface area (Å²) in [6, 6.07) is 7.68.